The Bertz CT molecular complexity index is 506. The molecule has 0 bridgehead atoms. The van der Waals surface area contributed by atoms with Crippen LogP contribution in [-0.2, 0) is 0 Å². The Morgan fingerprint density at radius 2 is 2.14 bits per heavy atom. The molecule has 5 heteroatoms. The summed E-state index contributed by atoms with van der Waals surface area (Å²) >= 11 is 0. The maximum atomic E-state index is 7.23. The molecule has 0 aromatic carbocycles. The van der Waals surface area contributed by atoms with Gasteiger partial charge in [-0.05, 0) is 19.1 Å². The van der Waals surface area contributed by atoms with Crippen molar-refractivity contribution in [3.05, 3.63) is 29.7 Å². The molecule has 0 fully saturated rings. The first-order valence-corrected chi connectivity index (χ1v) is 4.11. The van der Waals surface area contributed by atoms with E-state index in [-0.39, 0.29) is 5.84 Å². The number of rotatable bonds is 1. The Hall–Kier alpha value is -2.04. The summed E-state index contributed by atoms with van der Waals surface area (Å²) in [5, 5.41) is 7.23. The van der Waals surface area contributed by atoms with Gasteiger partial charge in [-0.25, -0.2) is 9.97 Å². The van der Waals surface area contributed by atoms with Crippen molar-refractivity contribution in [1.29, 1.82) is 5.41 Å². The Morgan fingerprint density at radius 1 is 1.36 bits per heavy atom. The van der Waals surface area contributed by atoms with Gasteiger partial charge in [0.1, 0.15) is 17.0 Å². The van der Waals surface area contributed by atoms with Crippen molar-refractivity contribution < 1.29 is 0 Å². The molecule has 0 atom stereocenters. The summed E-state index contributed by atoms with van der Waals surface area (Å²) in [6.45, 7) is 1.84. The molecule has 2 heterocycles. The highest BCUT2D eigenvalue weighted by molar-refractivity contribution is 5.94. The first-order valence-electron chi connectivity index (χ1n) is 4.11. The van der Waals surface area contributed by atoms with Gasteiger partial charge in [0.05, 0.1) is 5.69 Å². The number of nitrogens with two attached hydrogens (primary N) is 1. The predicted molar refractivity (Wildman–Crippen MR) is 53.1 cm³/mol. The molecule has 0 aliphatic carbocycles. The maximum Gasteiger partial charge on any atom is 0.179 e. The Balaban J connectivity index is 2.69. The Morgan fingerprint density at radius 3 is 2.86 bits per heavy atom. The zero-order valence-electron chi connectivity index (χ0n) is 7.65. The van der Waals surface area contributed by atoms with E-state index in [0.717, 1.165) is 5.69 Å². The normalized spacial score (nSPS) is 10.4. The fourth-order valence-electron chi connectivity index (χ4n) is 1.13. The minimum absolute atomic E-state index is 0.0600. The topological polar surface area (TPSA) is 88.5 Å². The van der Waals surface area contributed by atoms with E-state index < -0.39 is 0 Å². The molecule has 70 valence electrons. The van der Waals surface area contributed by atoms with Crippen LogP contribution in [0.15, 0.2) is 18.3 Å². The number of aromatic nitrogens is 3. The second-order valence-corrected chi connectivity index (χ2v) is 2.96. The van der Waals surface area contributed by atoms with Gasteiger partial charge in [-0.1, -0.05) is 0 Å². The summed E-state index contributed by atoms with van der Waals surface area (Å²) in [4.78, 5) is 12.5. The molecule has 0 saturated carbocycles. The lowest BCUT2D eigenvalue weighted by Crippen LogP contribution is -2.13. The number of fused-ring (bicyclic) bond motifs is 1. The largest absolute Gasteiger partial charge is 0.382 e. The molecular formula is C9H9N5. The lowest BCUT2D eigenvalue weighted by Gasteiger charge is -2.00. The highest BCUT2D eigenvalue weighted by Crippen LogP contribution is 2.07. The molecule has 2 rings (SSSR count). The van der Waals surface area contributed by atoms with E-state index >= 15 is 0 Å². The molecule has 3 N–H and O–H groups in total. The van der Waals surface area contributed by atoms with Gasteiger partial charge in [0.2, 0.25) is 0 Å². The minimum Gasteiger partial charge on any atom is -0.382 e. The predicted octanol–water partition coefficient (Wildman–Crippen LogP) is 0.617. The van der Waals surface area contributed by atoms with Gasteiger partial charge in [0.15, 0.2) is 5.65 Å². The summed E-state index contributed by atoms with van der Waals surface area (Å²) < 4.78 is 0. The number of amidine groups is 1. The van der Waals surface area contributed by atoms with Gasteiger partial charge >= 0.3 is 0 Å². The Labute approximate surface area is 80.5 Å². The SMILES string of the molecule is Cc1cnc2ccc(C(=N)N)nc2n1. The van der Waals surface area contributed by atoms with Crippen molar-refractivity contribution in [3.8, 4) is 0 Å². The summed E-state index contributed by atoms with van der Waals surface area (Å²) in [6.07, 6.45) is 1.68. The lowest BCUT2D eigenvalue weighted by atomic mass is 10.3. The molecule has 0 unspecified atom stereocenters. The summed E-state index contributed by atoms with van der Waals surface area (Å²) in [5.41, 5.74) is 7.78. The van der Waals surface area contributed by atoms with E-state index in [2.05, 4.69) is 15.0 Å². The van der Waals surface area contributed by atoms with Crippen LogP contribution in [0.1, 0.15) is 11.4 Å². The van der Waals surface area contributed by atoms with E-state index in [9.17, 15) is 0 Å². The van der Waals surface area contributed by atoms with Crippen LogP contribution in [0.2, 0.25) is 0 Å². The van der Waals surface area contributed by atoms with Crippen LogP contribution < -0.4 is 5.73 Å². The first-order chi connectivity index (χ1) is 6.66. The monoisotopic (exact) mass is 187 g/mol. The lowest BCUT2D eigenvalue weighted by molar-refractivity contribution is 1.14. The fourth-order valence-corrected chi connectivity index (χ4v) is 1.13. The van der Waals surface area contributed by atoms with Gasteiger partial charge < -0.3 is 5.73 Å². The zero-order chi connectivity index (χ0) is 10.1. The molecule has 0 amide bonds. The summed E-state index contributed by atoms with van der Waals surface area (Å²) in [6, 6.07) is 3.42. The van der Waals surface area contributed by atoms with Gasteiger partial charge in [-0.3, -0.25) is 10.4 Å². The van der Waals surface area contributed by atoms with Crippen LogP contribution in [0.25, 0.3) is 11.2 Å². The van der Waals surface area contributed by atoms with Gasteiger partial charge in [-0.2, -0.15) is 0 Å². The van der Waals surface area contributed by atoms with Crippen molar-refractivity contribution in [3.63, 3.8) is 0 Å². The average Bonchev–Trinajstić information content (AvgIpc) is 2.16. The third-order valence-corrected chi connectivity index (χ3v) is 1.80. The van der Waals surface area contributed by atoms with Crippen molar-refractivity contribution in [2.24, 2.45) is 5.73 Å². The third-order valence-electron chi connectivity index (χ3n) is 1.80. The molecule has 0 radical (unpaired) electrons. The maximum absolute atomic E-state index is 7.23. The van der Waals surface area contributed by atoms with Crippen LogP contribution in [0.5, 0.6) is 0 Å². The highest BCUT2D eigenvalue weighted by Gasteiger charge is 2.02. The second kappa shape index (κ2) is 3.02. The van der Waals surface area contributed by atoms with Crippen LogP contribution in [-0.4, -0.2) is 20.8 Å². The van der Waals surface area contributed by atoms with E-state index in [1.165, 1.54) is 0 Å². The van der Waals surface area contributed by atoms with Crippen LogP contribution in [0.4, 0.5) is 0 Å². The number of hydrogen-bond donors (Lipinski definition) is 2. The smallest absolute Gasteiger partial charge is 0.179 e. The molecule has 2 aromatic heterocycles. The number of hydrogen-bond acceptors (Lipinski definition) is 4. The molecule has 0 aliphatic rings. The zero-order valence-corrected chi connectivity index (χ0v) is 7.65. The minimum atomic E-state index is -0.0600. The van der Waals surface area contributed by atoms with Gasteiger partial charge in [-0.15, -0.1) is 0 Å². The van der Waals surface area contributed by atoms with Crippen LogP contribution in [0.3, 0.4) is 0 Å². The highest BCUT2D eigenvalue weighted by atomic mass is 14.9. The first kappa shape index (κ1) is 8.55. The third kappa shape index (κ3) is 1.39. The second-order valence-electron chi connectivity index (χ2n) is 2.96. The van der Waals surface area contributed by atoms with Gasteiger partial charge in [0, 0.05) is 6.20 Å². The number of nitrogens with zero attached hydrogens (tertiary/aromatic N) is 3. The molecule has 0 aliphatic heterocycles. The van der Waals surface area contributed by atoms with Crippen LogP contribution >= 0.6 is 0 Å². The quantitative estimate of drug-likeness (QED) is 0.506. The van der Waals surface area contributed by atoms with E-state index in [0.29, 0.717) is 16.9 Å². The molecular weight excluding hydrogens is 178 g/mol. The van der Waals surface area contributed by atoms with Crippen molar-refractivity contribution in [2.75, 3.05) is 0 Å². The molecule has 5 nitrogen and oxygen atoms in total. The molecule has 2 aromatic rings. The van der Waals surface area contributed by atoms with Crippen molar-refractivity contribution in [1.82, 2.24) is 15.0 Å². The van der Waals surface area contributed by atoms with E-state index in [1.807, 2.05) is 6.92 Å². The molecule has 0 saturated heterocycles. The van der Waals surface area contributed by atoms with Crippen molar-refractivity contribution in [2.45, 2.75) is 6.92 Å². The van der Waals surface area contributed by atoms with E-state index in [4.69, 9.17) is 11.1 Å². The molecule has 0 spiro atoms. The van der Waals surface area contributed by atoms with Gasteiger partial charge in [0.25, 0.3) is 0 Å². The van der Waals surface area contributed by atoms with E-state index in [1.54, 1.807) is 18.3 Å². The fraction of sp³-hybridized carbons (Fsp3) is 0.111. The number of nitrogens with one attached hydrogen (secondary N) is 1. The Kier molecular flexibility index (Phi) is 1.85. The number of nitrogen functional groups attached to an aromatic ring is 1. The number of aryl methyl sites for hydroxylation is 1. The molecule has 14 heavy (non-hydrogen) atoms. The average molecular weight is 187 g/mol. The summed E-state index contributed by atoms with van der Waals surface area (Å²) in [5.74, 6) is -0.0600. The van der Waals surface area contributed by atoms with Crippen molar-refractivity contribution >= 4 is 17.0 Å². The number of pyridine rings is 1. The van der Waals surface area contributed by atoms with Crippen LogP contribution in [0, 0.1) is 12.3 Å². The summed E-state index contributed by atoms with van der Waals surface area (Å²) in [7, 11) is 0. The standard InChI is InChI=1S/C9H9N5/c1-5-4-12-7-3-2-6(8(10)11)14-9(7)13-5/h2-4H,1H3,(H3,10,11).